The Hall–Kier alpha value is -1.04. The highest BCUT2D eigenvalue weighted by atomic mass is 127. The largest absolute Gasteiger partial charge is 0.369 e. The summed E-state index contributed by atoms with van der Waals surface area (Å²) < 4.78 is 2.92. The second kappa shape index (κ2) is 10.7. The molecule has 1 aliphatic carbocycles. The lowest BCUT2D eigenvalue weighted by Gasteiger charge is -2.22. The van der Waals surface area contributed by atoms with Gasteiger partial charge in [-0.2, -0.15) is 0 Å². The molecule has 2 atom stereocenters. The summed E-state index contributed by atoms with van der Waals surface area (Å²) >= 11 is 14.3. The molecule has 5 heteroatoms. The van der Waals surface area contributed by atoms with Gasteiger partial charge >= 0.3 is 0 Å². The first kappa shape index (κ1) is 21.7. The van der Waals surface area contributed by atoms with Crippen LogP contribution in [0.4, 0.5) is 5.69 Å². The van der Waals surface area contributed by atoms with Crippen molar-refractivity contribution in [3.05, 3.63) is 71.9 Å². The van der Waals surface area contributed by atoms with Crippen LogP contribution < -0.4 is 4.90 Å². The molecule has 1 aromatic carbocycles. The van der Waals surface area contributed by atoms with Crippen molar-refractivity contribution < 1.29 is 4.58 Å². The highest BCUT2D eigenvalue weighted by Gasteiger charge is 2.26. The molecule has 0 N–H and O–H groups in total. The van der Waals surface area contributed by atoms with Gasteiger partial charge in [0.25, 0.3) is 0 Å². The number of nitrogens with zero attached hydrogens (tertiary/aromatic N) is 2. The van der Waals surface area contributed by atoms with E-state index in [1.54, 1.807) is 0 Å². The minimum atomic E-state index is 0.274. The monoisotopic (exact) mass is 527 g/mol. The van der Waals surface area contributed by atoms with E-state index in [4.69, 9.17) is 23.2 Å². The van der Waals surface area contributed by atoms with Gasteiger partial charge in [0.1, 0.15) is 6.54 Å². The average molecular weight is 528 g/mol. The molecular weight excluding hydrogens is 502 g/mol. The van der Waals surface area contributed by atoms with E-state index in [-0.39, 0.29) is 6.04 Å². The second-order valence-corrected chi connectivity index (χ2v) is 8.96. The number of hydrogen-bond donors (Lipinski definition) is 0. The first-order valence-electron chi connectivity index (χ1n) is 9.67. The van der Waals surface area contributed by atoms with Crippen LogP contribution >= 0.6 is 45.8 Å². The molecule has 148 valence electrons. The molecule has 3 rings (SSSR count). The molecule has 28 heavy (non-hydrogen) atoms. The van der Waals surface area contributed by atoms with Crippen LogP contribution in [-0.4, -0.2) is 51.6 Å². The molecule has 1 aliphatic heterocycles. The van der Waals surface area contributed by atoms with Crippen molar-refractivity contribution in [1.29, 1.82) is 0 Å². The number of benzene rings is 1. The summed E-state index contributed by atoms with van der Waals surface area (Å²) in [7, 11) is 0. The molecule has 0 saturated heterocycles. The Bertz CT molecular complexity index is 816. The zero-order valence-electron chi connectivity index (χ0n) is 16.1. The van der Waals surface area contributed by atoms with E-state index in [2.05, 4.69) is 106 Å². The Balaban J connectivity index is 1.75. The Kier molecular flexibility index (Phi) is 8.24. The number of fused-ring (bicyclic) bond motifs is 1. The summed E-state index contributed by atoms with van der Waals surface area (Å²) in [5.74, 6) is 1.20. The van der Waals surface area contributed by atoms with E-state index < -0.39 is 0 Å². The summed E-state index contributed by atoms with van der Waals surface area (Å²) in [5.41, 5.74) is 5.01. The van der Waals surface area contributed by atoms with Crippen LogP contribution in [0.3, 0.4) is 0 Å². The molecule has 0 radical (unpaired) electrons. The third-order valence-electron chi connectivity index (χ3n) is 5.01. The number of anilines is 1. The predicted molar refractivity (Wildman–Crippen MR) is 133 cm³/mol. The van der Waals surface area contributed by atoms with E-state index in [0.717, 1.165) is 25.3 Å². The van der Waals surface area contributed by atoms with Crippen LogP contribution in [0, 0.1) is 0 Å². The van der Waals surface area contributed by atoms with Gasteiger partial charge in [0, 0.05) is 46.1 Å². The Morgan fingerprint density at radius 3 is 2.43 bits per heavy atom. The van der Waals surface area contributed by atoms with Crippen LogP contribution in [0.2, 0.25) is 0 Å². The van der Waals surface area contributed by atoms with Gasteiger partial charge in [-0.1, -0.05) is 53.0 Å². The zero-order valence-corrected chi connectivity index (χ0v) is 19.7. The molecular formula is C23H26Cl2IN2+. The number of likely N-dealkylation sites (N-methyl/N-ethyl adjacent to an activating group) is 1. The molecule has 1 heterocycles. The number of halogens is 3. The molecule has 0 saturated carbocycles. The van der Waals surface area contributed by atoms with E-state index in [1.165, 1.54) is 16.8 Å². The minimum Gasteiger partial charge on any atom is -0.369 e. The lowest BCUT2D eigenvalue weighted by Crippen LogP contribution is -2.33. The molecule has 0 amide bonds. The number of allylic oxidation sites excluding steroid dienone is 5. The lowest BCUT2D eigenvalue weighted by molar-refractivity contribution is -0.539. The first-order valence-corrected chi connectivity index (χ1v) is 12.0. The Morgan fingerprint density at radius 2 is 1.79 bits per heavy atom. The van der Waals surface area contributed by atoms with Crippen molar-refractivity contribution in [2.24, 2.45) is 0 Å². The smallest absolute Gasteiger partial charge is 0.207 e. The second-order valence-electron chi connectivity index (χ2n) is 6.76. The Labute approximate surface area is 192 Å². The van der Waals surface area contributed by atoms with E-state index >= 15 is 0 Å². The summed E-state index contributed by atoms with van der Waals surface area (Å²) in [6.07, 6.45) is 15.9. The third-order valence-corrected chi connectivity index (χ3v) is 6.12. The van der Waals surface area contributed by atoms with Gasteiger partial charge in [0.05, 0.1) is 0 Å². The van der Waals surface area contributed by atoms with Crippen LogP contribution in [0.5, 0.6) is 0 Å². The van der Waals surface area contributed by atoms with Gasteiger partial charge in [0.15, 0.2) is 6.04 Å². The van der Waals surface area contributed by atoms with Crippen molar-refractivity contribution in [2.75, 3.05) is 36.3 Å². The maximum Gasteiger partial charge on any atom is 0.207 e. The lowest BCUT2D eigenvalue weighted by atomic mass is 9.97. The maximum atomic E-state index is 5.91. The minimum absolute atomic E-state index is 0.274. The van der Waals surface area contributed by atoms with Crippen molar-refractivity contribution in [1.82, 2.24) is 0 Å². The molecule has 0 spiro atoms. The molecule has 1 aromatic rings. The number of alkyl halides is 3. The van der Waals surface area contributed by atoms with Crippen LogP contribution in [0.15, 0.2) is 66.3 Å². The molecule has 0 fully saturated rings. The standard InChI is InChI=1S/C23H26Cl2IN2/c1-2-28-22(11-6-19-17-20(26)7-12-23(19)28)10-5-18-3-8-21(9-4-18)27(15-13-24)16-14-25/h3-12,17,20,22H,2,13-16H2,1H3/q+1/b10-5+. The highest BCUT2D eigenvalue weighted by molar-refractivity contribution is 14.1. The fourth-order valence-electron chi connectivity index (χ4n) is 3.59. The summed E-state index contributed by atoms with van der Waals surface area (Å²) in [6, 6.07) is 8.88. The topological polar surface area (TPSA) is 6.25 Å². The van der Waals surface area contributed by atoms with Crippen molar-refractivity contribution in [3.63, 3.8) is 0 Å². The van der Waals surface area contributed by atoms with Gasteiger partial charge in [-0.25, -0.2) is 4.58 Å². The average Bonchev–Trinajstić information content (AvgIpc) is 2.72. The van der Waals surface area contributed by atoms with Crippen LogP contribution in [0.1, 0.15) is 12.5 Å². The van der Waals surface area contributed by atoms with Gasteiger partial charge in [-0.05, 0) is 42.8 Å². The predicted octanol–water partition coefficient (Wildman–Crippen LogP) is 5.70. The summed E-state index contributed by atoms with van der Waals surface area (Å²) in [5, 5.41) is 0. The zero-order chi connectivity index (χ0) is 19.9. The van der Waals surface area contributed by atoms with Gasteiger partial charge in [-0.3, -0.25) is 0 Å². The molecule has 2 nitrogen and oxygen atoms in total. The quantitative estimate of drug-likeness (QED) is 0.239. The van der Waals surface area contributed by atoms with Gasteiger partial charge in [0.2, 0.25) is 5.71 Å². The van der Waals surface area contributed by atoms with E-state index in [1.807, 2.05) is 0 Å². The molecule has 2 unspecified atom stereocenters. The summed E-state index contributed by atoms with van der Waals surface area (Å²) in [4.78, 5) is 2.22. The van der Waals surface area contributed by atoms with Crippen molar-refractivity contribution in [3.8, 4) is 0 Å². The van der Waals surface area contributed by atoms with Crippen LogP contribution in [-0.2, 0) is 0 Å². The molecule has 0 aromatic heterocycles. The van der Waals surface area contributed by atoms with Crippen molar-refractivity contribution in [2.45, 2.75) is 16.9 Å². The van der Waals surface area contributed by atoms with E-state index in [0.29, 0.717) is 15.7 Å². The SMILES string of the molecule is CC[N+]1=C2C=CC(I)C=C2C=CC1/C=C/c1ccc(N(CCCl)CCCl)cc1. The van der Waals surface area contributed by atoms with Crippen molar-refractivity contribution >= 4 is 63.3 Å². The first-order chi connectivity index (χ1) is 13.7. The van der Waals surface area contributed by atoms with Gasteiger partial charge in [-0.15, -0.1) is 23.2 Å². The fourth-order valence-corrected chi connectivity index (χ4v) is 4.59. The summed E-state index contributed by atoms with van der Waals surface area (Å²) in [6.45, 7) is 4.81. The number of rotatable bonds is 8. The normalized spacial score (nSPS) is 21.2. The maximum absolute atomic E-state index is 5.91. The Morgan fingerprint density at radius 1 is 1.07 bits per heavy atom. The third kappa shape index (κ3) is 5.31. The van der Waals surface area contributed by atoms with Crippen LogP contribution in [0.25, 0.3) is 6.08 Å². The molecule has 2 aliphatic rings. The fraction of sp³-hybridized carbons (Fsp3) is 0.348. The number of hydrogen-bond acceptors (Lipinski definition) is 1. The molecule has 0 bridgehead atoms. The van der Waals surface area contributed by atoms with Gasteiger partial charge < -0.3 is 4.90 Å². The highest BCUT2D eigenvalue weighted by Crippen LogP contribution is 2.22. The van der Waals surface area contributed by atoms with E-state index in [9.17, 15) is 0 Å².